The Kier molecular flexibility index (Phi) is 4.65. The average Bonchev–Trinajstić information content (AvgIpc) is 2.47. The molecule has 0 aliphatic rings. The summed E-state index contributed by atoms with van der Waals surface area (Å²) in [6, 6.07) is 2.41. The molecule has 1 N–H and O–H groups in total. The van der Waals surface area contributed by atoms with E-state index >= 15 is 0 Å². The van der Waals surface area contributed by atoms with Gasteiger partial charge in [-0.2, -0.15) is 0 Å². The van der Waals surface area contributed by atoms with Crippen LogP contribution in [-0.4, -0.2) is 7.05 Å². The maximum atomic E-state index is 6.06. The van der Waals surface area contributed by atoms with Crippen LogP contribution in [0.25, 0.3) is 0 Å². The van der Waals surface area contributed by atoms with E-state index in [9.17, 15) is 0 Å². The van der Waals surface area contributed by atoms with Crippen LogP contribution in [0.2, 0.25) is 5.02 Å². The molecule has 0 aromatic carbocycles. The Bertz CT molecular complexity index is 316. The van der Waals surface area contributed by atoms with Crippen LogP contribution in [-0.2, 0) is 0 Å². The largest absolute Gasteiger partial charge is 0.312 e. The van der Waals surface area contributed by atoms with Crippen LogP contribution in [0.5, 0.6) is 0 Å². The van der Waals surface area contributed by atoms with Crippen LogP contribution in [0, 0.1) is 5.41 Å². The molecule has 0 radical (unpaired) electrons. The topological polar surface area (TPSA) is 12.0 Å². The Hall–Kier alpha value is 0.430. The van der Waals surface area contributed by atoms with Crippen molar-refractivity contribution in [2.45, 2.75) is 33.2 Å². The van der Waals surface area contributed by atoms with E-state index in [1.165, 1.54) is 4.88 Å². The summed E-state index contributed by atoms with van der Waals surface area (Å²) in [5.41, 5.74) is 0.238. The van der Waals surface area contributed by atoms with E-state index in [0.29, 0.717) is 6.04 Å². The molecule has 0 fully saturated rings. The third-order valence-corrected chi connectivity index (χ3v) is 5.47. The summed E-state index contributed by atoms with van der Waals surface area (Å²) in [7, 11) is 2.00. The molecule has 0 saturated carbocycles. The van der Waals surface area contributed by atoms with E-state index in [1.54, 1.807) is 11.3 Å². The van der Waals surface area contributed by atoms with Crippen molar-refractivity contribution in [1.29, 1.82) is 0 Å². The van der Waals surface area contributed by atoms with Gasteiger partial charge in [0.2, 0.25) is 0 Å². The van der Waals surface area contributed by atoms with Gasteiger partial charge in [0.15, 0.2) is 0 Å². The lowest BCUT2D eigenvalue weighted by Gasteiger charge is -2.32. The molecule has 1 atom stereocenters. The van der Waals surface area contributed by atoms with E-state index in [-0.39, 0.29) is 5.41 Å². The minimum atomic E-state index is 0.238. The molecule has 1 unspecified atom stereocenters. The fourth-order valence-electron chi connectivity index (χ4n) is 1.63. The zero-order chi connectivity index (χ0) is 11.6. The van der Waals surface area contributed by atoms with Crippen molar-refractivity contribution in [3.05, 3.63) is 19.8 Å². The second-order valence-corrected chi connectivity index (χ2v) is 7.14. The third kappa shape index (κ3) is 2.96. The van der Waals surface area contributed by atoms with Crippen LogP contribution in [0.15, 0.2) is 9.85 Å². The first-order valence-electron chi connectivity index (χ1n) is 5.04. The van der Waals surface area contributed by atoms with E-state index < -0.39 is 0 Å². The monoisotopic (exact) mass is 309 g/mol. The first kappa shape index (κ1) is 13.5. The molecule has 15 heavy (non-hydrogen) atoms. The fourth-order valence-corrected chi connectivity index (χ4v) is 3.70. The first-order valence-corrected chi connectivity index (χ1v) is 7.03. The van der Waals surface area contributed by atoms with Gasteiger partial charge in [-0.3, -0.25) is 0 Å². The number of rotatable bonds is 4. The summed E-state index contributed by atoms with van der Waals surface area (Å²) >= 11 is 11.2. The van der Waals surface area contributed by atoms with E-state index in [4.69, 9.17) is 11.6 Å². The van der Waals surface area contributed by atoms with Gasteiger partial charge in [0.1, 0.15) is 0 Å². The van der Waals surface area contributed by atoms with Gasteiger partial charge in [0.05, 0.1) is 8.81 Å². The molecule has 1 aromatic rings. The van der Waals surface area contributed by atoms with Crippen molar-refractivity contribution in [3.8, 4) is 0 Å². The van der Waals surface area contributed by atoms with Crippen molar-refractivity contribution in [1.82, 2.24) is 5.32 Å². The summed E-state index contributed by atoms with van der Waals surface area (Å²) in [5.74, 6) is 0. The van der Waals surface area contributed by atoms with Crippen molar-refractivity contribution in [2.24, 2.45) is 5.41 Å². The van der Waals surface area contributed by atoms with Crippen molar-refractivity contribution < 1.29 is 0 Å². The first-order chi connectivity index (χ1) is 6.92. The standard InChI is InChI=1S/C11H17BrClNS/c1-5-11(2,3)9(14-4)8-6-7(13)10(12)15-8/h6,9,14H,5H2,1-4H3. The molecule has 0 amide bonds. The average molecular weight is 311 g/mol. The highest BCUT2D eigenvalue weighted by Gasteiger charge is 2.29. The molecular formula is C11H17BrClNS. The van der Waals surface area contributed by atoms with Crippen molar-refractivity contribution >= 4 is 38.9 Å². The van der Waals surface area contributed by atoms with Gasteiger partial charge in [-0.05, 0) is 40.9 Å². The number of thiophene rings is 1. The highest BCUT2D eigenvalue weighted by molar-refractivity contribution is 9.11. The van der Waals surface area contributed by atoms with Crippen LogP contribution in [0.3, 0.4) is 0 Å². The Balaban J connectivity index is 3.02. The molecule has 1 nitrogen and oxygen atoms in total. The van der Waals surface area contributed by atoms with Gasteiger partial charge in [0, 0.05) is 10.9 Å². The van der Waals surface area contributed by atoms with E-state index in [0.717, 1.165) is 15.2 Å². The lowest BCUT2D eigenvalue weighted by Crippen LogP contribution is -2.30. The predicted octanol–water partition coefficient (Wildman–Crippen LogP) is 4.86. The molecule has 0 bridgehead atoms. The lowest BCUT2D eigenvalue weighted by atomic mass is 9.81. The van der Waals surface area contributed by atoms with Crippen molar-refractivity contribution in [3.63, 3.8) is 0 Å². The minimum absolute atomic E-state index is 0.238. The lowest BCUT2D eigenvalue weighted by molar-refractivity contribution is 0.249. The van der Waals surface area contributed by atoms with Gasteiger partial charge in [-0.1, -0.05) is 32.4 Å². The van der Waals surface area contributed by atoms with Crippen LogP contribution < -0.4 is 5.32 Å². The highest BCUT2D eigenvalue weighted by Crippen LogP contribution is 2.42. The van der Waals surface area contributed by atoms with Crippen LogP contribution >= 0.6 is 38.9 Å². The second kappa shape index (κ2) is 5.17. The minimum Gasteiger partial charge on any atom is -0.312 e. The second-order valence-electron chi connectivity index (χ2n) is 4.33. The highest BCUT2D eigenvalue weighted by atomic mass is 79.9. The number of hydrogen-bond acceptors (Lipinski definition) is 2. The van der Waals surface area contributed by atoms with Gasteiger partial charge < -0.3 is 5.32 Å². The molecule has 86 valence electrons. The Morgan fingerprint density at radius 1 is 1.60 bits per heavy atom. The smallest absolute Gasteiger partial charge is 0.0888 e. The molecule has 1 heterocycles. The quantitative estimate of drug-likeness (QED) is 0.837. The number of nitrogens with one attached hydrogen (secondary N) is 1. The van der Waals surface area contributed by atoms with Gasteiger partial charge in [-0.15, -0.1) is 11.3 Å². The van der Waals surface area contributed by atoms with E-state index in [2.05, 4.69) is 48.1 Å². The maximum absolute atomic E-state index is 6.06. The molecule has 0 saturated heterocycles. The zero-order valence-electron chi connectivity index (χ0n) is 9.53. The summed E-state index contributed by atoms with van der Waals surface area (Å²) < 4.78 is 1.02. The molecule has 0 aliphatic carbocycles. The Morgan fingerprint density at radius 3 is 2.53 bits per heavy atom. The Morgan fingerprint density at radius 2 is 2.20 bits per heavy atom. The maximum Gasteiger partial charge on any atom is 0.0888 e. The molecular weight excluding hydrogens is 294 g/mol. The van der Waals surface area contributed by atoms with Crippen LogP contribution in [0.4, 0.5) is 0 Å². The van der Waals surface area contributed by atoms with Gasteiger partial charge in [-0.25, -0.2) is 0 Å². The van der Waals surface area contributed by atoms with Crippen LogP contribution in [0.1, 0.15) is 38.1 Å². The normalized spacial score (nSPS) is 14.3. The zero-order valence-corrected chi connectivity index (χ0v) is 12.7. The summed E-state index contributed by atoms with van der Waals surface area (Å²) in [6.45, 7) is 6.76. The summed E-state index contributed by atoms with van der Waals surface area (Å²) in [6.07, 6.45) is 1.13. The number of halogens is 2. The van der Waals surface area contributed by atoms with Crippen molar-refractivity contribution in [2.75, 3.05) is 7.05 Å². The third-order valence-electron chi connectivity index (χ3n) is 2.93. The Labute approximate surface area is 109 Å². The molecule has 1 rings (SSSR count). The number of hydrogen-bond donors (Lipinski definition) is 1. The predicted molar refractivity (Wildman–Crippen MR) is 72.9 cm³/mol. The van der Waals surface area contributed by atoms with Gasteiger partial charge in [0.25, 0.3) is 0 Å². The molecule has 4 heteroatoms. The molecule has 0 spiro atoms. The SMILES string of the molecule is CCC(C)(C)C(NC)c1cc(Cl)c(Br)s1. The fraction of sp³-hybridized carbons (Fsp3) is 0.636. The summed E-state index contributed by atoms with van der Waals surface area (Å²) in [4.78, 5) is 1.29. The summed E-state index contributed by atoms with van der Waals surface area (Å²) in [5, 5.41) is 4.19. The van der Waals surface area contributed by atoms with E-state index in [1.807, 2.05) is 7.05 Å². The van der Waals surface area contributed by atoms with Gasteiger partial charge >= 0.3 is 0 Å². The molecule has 0 aliphatic heterocycles. The molecule has 1 aromatic heterocycles.